The summed E-state index contributed by atoms with van der Waals surface area (Å²) in [6.45, 7) is 5.58. The molecule has 2 saturated carbocycles. The largest absolute Gasteiger partial charge is 0.411 e. The van der Waals surface area contributed by atoms with Crippen molar-refractivity contribution in [3.8, 4) is 0 Å². The molecule has 5 nitrogen and oxygen atoms in total. The van der Waals surface area contributed by atoms with E-state index in [1.54, 1.807) is 0 Å². The number of halogens is 1. The number of benzene rings is 1. The molecule has 0 saturated heterocycles. The molecule has 0 aromatic heterocycles. The van der Waals surface area contributed by atoms with Gasteiger partial charge in [0, 0.05) is 11.1 Å². The van der Waals surface area contributed by atoms with Crippen LogP contribution in [0.15, 0.2) is 29.4 Å². The summed E-state index contributed by atoms with van der Waals surface area (Å²) in [5, 5.41) is 15.2. The lowest BCUT2D eigenvalue weighted by Gasteiger charge is -2.37. The number of oxime groups is 1. The van der Waals surface area contributed by atoms with Crippen molar-refractivity contribution in [3.63, 3.8) is 0 Å². The lowest BCUT2D eigenvalue weighted by Crippen LogP contribution is -2.47. The van der Waals surface area contributed by atoms with Crippen LogP contribution in [0.5, 0.6) is 0 Å². The second-order valence-electron chi connectivity index (χ2n) is 7.10. The Morgan fingerprint density at radius 2 is 1.83 bits per heavy atom. The first-order chi connectivity index (χ1) is 10.7. The van der Waals surface area contributed by atoms with Crippen molar-refractivity contribution in [1.82, 2.24) is 0 Å². The number of nitrogens with zero attached hydrogens (tertiary/aromatic N) is 1. The van der Waals surface area contributed by atoms with Crippen molar-refractivity contribution in [3.05, 3.63) is 30.1 Å². The molecule has 1 aromatic carbocycles. The molecule has 2 atom stereocenters. The molecule has 2 aliphatic carbocycles. The van der Waals surface area contributed by atoms with Gasteiger partial charge in [0.2, 0.25) is 5.91 Å². The minimum absolute atomic E-state index is 0.0722. The number of carbonyl (C=O) groups excluding carboxylic acids is 2. The predicted octanol–water partition coefficient (Wildman–Crippen LogP) is 2.99. The zero-order chi connectivity index (χ0) is 17.0. The molecular weight excluding hydrogens is 299 g/mol. The zero-order valence-electron chi connectivity index (χ0n) is 13.3. The van der Waals surface area contributed by atoms with Crippen LogP contribution < -0.4 is 5.32 Å². The smallest absolute Gasteiger partial charge is 0.239 e. The zero-order valence-corrected chi connectivity index (χ0v) is 13.3. The third kappa shape index (κ3) is 1.69. The summed E-state index contributed by atoms with van der Waals surface area (Å²) in [5.74, 6) is -1.25. The second-order valence-corrected chi connectivity index (χ2v) is 7.10. The molecule has 0 heterocycles. The number of rotatable bonds is 2. The highest BCUT2D eigenvalue weighted by Gasteiger charge is 2.76. The fraction of sp³-hybridized carbons (Fsp3) is 0.471. The van der Waals surface area contributed by atoms with E-state index in [0.29, 0.717) is 18.5 Å². The van der Waals surface area contributed by atoms with Crippen LogP contribution in [0, 0.1) is 22.1 Å². The van der Waals surface area contributed by atoms with Gasteiger partial charge in [-0.15, -0.1) is 0 Å². The van der Waals surface area contributed by atoms with E-state index >= 15 is 0 Å². The lowest BCUT2D eigenvalue weighted by molar-refractivity contribution is -0.140. The van der Waals surface area contributed by atoms with Gasteiger partial charge in [-0.3, -0.25) is 9.59 Å². The molecule has 1 amide bonds. The van der Waals surface area contributed by atoms with Gasteiger partial charge in [0.25, 0.3) is 0 Å². The Hall–Kier alpha value is -2.24. The van der Waals surface area contributed by atoms with Gasteiger partial charge in [0.1, 0.15) is 16.9 Å². The number of Topliss-reactive ketones (excluding diaryl/α,β-unsaturated/α-hetero) is 1. The Balaban J connectivity index is 2.02. The van der Waals surface area contributed by atoms with Crippen molar-refractivity contribution in [2.45, 2.75) is 33.6 Å². The number of fused-ring (bicyclic) bond motifs is 2. The number of amides is 1. The van der Waals surface area contributed by atoms with Gasteiger partial charge < -0.3 is 10.5 Å². The Kier molecular flexibility index (Phi) is 3.15. The summed E-state index contributed by atoms with van der Waals surface area (Å²) in [6.07, 6.45) is 1.00. The Bertz CT molecular complexity index is 726. The van der Waals surface area contributed by atoms with E-state index in [-0.39, 0.29) is 5.71 Å². The summed E-state index contributed by atoms with van der Waals surface area (Å²) in [6, 6.07) is 5.39. The monoisotopic (exact) mass is 318 g/mol. The SMILES string of the molecule is CC12CCC(C(=O)Nc3ccc(F)cc3)(C(=O)C1=NO)C2(C)C. The minimum atomic E-state index is -1.27. The van der Waals surface area contributed by atoms with Crippen LogP contribution in [0.1, 0.15) is 33.6 Å². The second kappa shape index (κ2) is 4.63. The molecule has 2 aliphatic rings. The third-order valence-corrected chi connectivity index (χ3v) is 6.16. The maximum Gasteiger partial charge on any atom is 0.239 e. The molecule has 2 unspecified atom stereocenters. The molecule has 1 aromatic rings. The van der Waals surface area contributed by atoms with Crippen LogP contribution in [0.3, 0.4) is 0 Å². The van der Waals surface area contributed by atoms with Crippen LogP contribution in [-0.2, 0) is 9.59 Å². The van der Waals surface area contributed by atoms with Gasteiger partial charge in [0.15, 0.2) is 5.78 Å². The first-order valence-electron chi connectivity index (χ1n) is 7.55. The highest BCUT2D eigenvalue weighted by molar-refractivity contribution is 6.51. The molecule has 2 fully saturated rings. The van der Waals surface area contributed by atoms with Crippen molar-refractivity contribution < 1.29 is 19.2 Å². The average Bonchev–Trinajstić information content (AvgIpc) is 2.77. The third-order valence-electron chi connectivity index (χ3n) is 6.16. The van der Waals surface area contributed by atoms with Gasteiger partial charge in [-0.05, 0) is 42.5 Å². The predicted molar refractivity (Wildman–Crippen MR) is 82.8 cm³/mol. The fourth-order valence-electron chi connectivity index (χ4n) is 4.23. The van der Waals surface area contributed by atoms with E-state index in [0.717, 1.165) is 0 Å². The van der Waals surface area contributed by atoms with E-state index in [2.05, 4.69) is 10.5 Å². The van der Waals surface area contributed by atoms with Crippen LogP contribution in [-0.4, -0.2) is 22.6 Å². The maximum absolute atomic E-state index is 13.0. The Labute approximate surface area is 133 Å². The Morgan fingerprint density at radius 3 is 2.35 bits per heavy atom. The number of nitrogens with one attached hydrogen (secondary N) is 1. The molecule has 0 radical (unpaired) electrons. The van der Waals surface area contributed by atoms with E-state index in [9.17, 15) is 19.2 Å². The fourth-order valence-corrected chi connectivity index (χ4v) is 4.23. The number of carbonyl (C=O) groups is 2. The van der Waals surface area contributed by atoms with Gasteiger partial charge in [0.05, 0.1) is 0 Å². The topological polar surface area (TPSA) is 78.8 Å². The van der Waals surface area contributed by atoms with Gasteiger partial charge in [-0.25, -0.2) is 4.39 Å². The van der Waals surface area contributed by atoms with Crippen LogP contribution in [0.2, 0.25) is 0 Å². The van der Waals surface area contributed by atoms with Crippen molar-refractivity contribution in [1.29, 1.82) is 0 Å². The highest BCUT2D eigenvalue weighted by Crippen LogP contribution is 2.69. The molecule has 6 heteroatoms. The molecular formula is C17H19FN2O3. The first-order valence-corrected chi connectivity index (χ1v) is 7.55. The summed E-state index contributed by atoms with van der Waals surface area (Å²) < 4.78 is 13.0. The molecule has 0 spiro atoms. The van der Waals surface area contributed by atoms with Crippen molar-refractivity contribution in [2.24, 2.45) is 21.4 Å². The highest BCUT2D eigenvalue weighted by atomic mass is 19.1. The maximum atomic E-state index is 13.0. The Morgan fingerprint density at radius 1 is 1.22 bits per heavy atom. The quantitative estimate of drug-likeness (QED) is 0.500. The standard InChI is InChI=1S/C17H19FN2O3/c1-15(2)16(3)8-9-17(15,13(21)12(16)20-23)14(22)19-11-6-4-10(18)5-7-11/h4-7,23H,8-9H2,1-3H3,(H,19,22). The van der Waals surface area contributed by atoms with Crippen LogP contribution in [0.4, 0.5) is 10.1 Å². The molecule has 2 bridgehead atoms. The van der Waals surface area contributed by atoms with Gasteiger partial charge in [-0.2, -0.15) is 0 Å². The normalized spacial score (nSPS) is 33.2. The summed E-state index contributed by atoms with van der Waals surface area (Å²) in [5.41, 5.74) is -2.08. The number of ketones is 1. The number of anilines is 1. The van der Waals surface area contributed by atoms with E-state index in [1.165, 1.54) is 24.3 Å². The first kappa shape index (κ1) is 15.6. The number of hydrogen-bond acceptors (Lipinski definition) is 4. The summed E-state index contributed by atoms with van der Waals surface area (Å²) in [7, 11) is 0. The van der Waals surface area contributed by atoms with Crippen molar-refractivity contribution >= 4 is 23.1 Å². The number of hydrogen-bond donors (Lipinski definition) is 2. The van der Waals surface area contributed by atoms with E-state index in [1.807, 2.05) is 20.8 Å². The van der Waals surface area contributed by atoms with Crippen LogP contribution in [0.25, 0.3) is 0 Å². The van der Waals surface area contributed by atoms with Crippen molar-refractivity contribution in [2.75, 3.05) is 5.32 Å². The molecule has 3 rings (SSSR count). The summed E-state index contributed by atoms with van der Waals surface area (Å²) >= 11 is 0. The van der Waals surface area contributed by atoms with Crippen LogP contribution >= 0.6 is 0 Å². The summed E-state index contributed by atoms with van der Waals surface area (Å²) in [4.78, 5) is 25.8. The van der Waals surface area contributed by atoms with E-state index in [4.69, 9.17) is 0 Å². The average molecular weight is 318 g/mol. The van der Waals surface area contributed by atoms with E-state index < -0.39 is 33.8 Å². The molecule has 0 aliphatic heterocycles. The molecule has 122 valence electrons. The van der Waals surface area contributed by atoms with Gasteiger partial charge in [-0.1, -0.05) is 25.9 Å². The lowest BCUT2D eigenvalue weighted by atomic mass is 9.64. The minimum Gasteiger partial charge on any atom is -0.411 e. The molecule has 2 N–H and O–H groups in total. The van der Waals surface area contributed by atoms with Gasteiger partial charge >= 0.3 is 0 Å². The molecule has 23 heavy (non-hydrogen) atoms.